The Hall–Kier alpha value is -0.520. The van der Waals surface area contributed by atoms with Crippen LogP contribution in [0.15, 0.2) is 0 Å². The first-order valence-electron chi connectivity index (χ1n) is 5.15. The summed E-state index contributed by atoms with van der Waals surface area (Å²) in [6, 6.07) is 0.189. The van der Waals surface area contributed by atoms with Gasteiger partial charge in [0, 0.05) is 19.1 Å². The van der Waals surface area contributed by atoms with E-state index in [0.29, 0.717) is 0 Å². The van der Waals surface area contributed by atoms with Crippen molar-refractivity contribution in [1.82, 2.24) is 0 Å². The zero-order valence-electron chi connectivity index (χ0n) is 8.17. The molecule has 2 nitrogen and oxygen atoms in total. The van der Waals surface area contributed by atoms with E-state index in [1.165, 1.54) is 12.8 Å². The normalized spacial score (nSPS) is 25.1. The van der Waals surface area contributed by atoms with Crippen LogP contribution in [0.2, 0.25) is 0 Å². The Kier molecular flexibility index (Phi) is 4.88. The summed E-state index contributed by atoms with van der Waals surface area (Å²) in [5.41, 5.74) is 6.00. The van der Waals surface area contributed by atoms with Gasteiger partial charge in [-0.05, 0) is 32.1 Å². The molecule has 2 unspecified atom stereocenters. The third-order valence-electron chi connectivity index (χ3n) is 2.55. The zero-order valence-corrected chi connectivity index (χ0v) is 8.17. The molecule has 1 heterocycles. The van der Waals surface area contributed by atoms with E-state index in [4.69, 9.17) is 16.9 Å². The van der Waals surface area contributed by atoms with Crippen molar-refractivity contribution in [3.8, 4) is 12.3 Å². The molecule has 0 amide bonds. The molecule has 2 atom stereocenters. The summed E-state index contributed by atoms with van der Waals surface area (Å²) in [5, 5.41) is 0. The fraction of sp³-hybridized carbons (Fsp3) is 0.818. The summed E-state index contributed by atoms with van der Waals surface area (Å²) in [6.07, 6.45) is 11.9. The van der Waals surface area contributed by atoms with Gasteiger partial charge in [-0.2, -0.15) is 0 Å². The minimum Gasteiger partial charge on any atom is -0.377 e. The van der Waals surface area contributed by atoms with Gasteiger partial charge < -0.3 is 10.5 Å². The lowest BCUT2D eigenvalue weighted by Crippen LogP contribution is -2.38. The second-order valence-electron chi connectivity index (χ2n) is 3.67. The Morgan fingerprint density at radius 2 is 2.38 bits per heavy atom. The van der Waals surface area contributed by atoms with Crippen LogP contribution in [0, 0.1) is 12.3 Å². The molecule has 1 aliphatic rings. The second kappa shape index (κ2) is 6.01. The molecule has 0 radical (unpaired) electrons. The lowest BCUT2D eigenvalue weighted by atomic mass is 9.98. The van der Waals surface area contributed by atoms with Gasteiger partial charge in [0.2, 0.25) is 0 Å². The van der Waals surface area contributed by atoms with Gasteiger partial charge >= 0.3 is 0 Å². The van der Waals surface area contributed by atoms with Crippen LogP contribution in [0.3, 0.4) is 0 Å². The van der Waals surface area contributed by atoms with Gasteiger partial charge in [0.15, 0.2) is 0 Å². The van der Waals surface area contributed by atoms with E-state index in [1.807, 2.05) is 0 Å². The molecule has 1 rings (SSSR count). The van der Waals surface area contributed by atoms with E-state index >= 15 is 0 Å². The van der Waals surface area contributed by atoms with Gasteiger partial charge in [-0.1, -0.05) is 0 Å². The van der Waals surface area contributed by atoms with Crippen molar-refractivity contribution in [2.24, 2.45) is 5.73 Å². The standard InChI is InChI=1S/C11H19NO/c1-2-3-4-7-10(12)11-8-5-6-9-13-11/h1,10-11H,3-9,12H2. The Morgan fingerprint density at radius 1 is 1.54 bits per heavy atom. The summed E-state index contributed by atoms with van der Waals surface area (Å²) in [7, 11) is 0. The topological polar surface area (TPSA) is 35.2 Å². The van der Waals surface area contributed by atoms with Gasteiger partial charge in [0.1, 0.15) is 0 Å². The predicted octanol–water partition coefficient (Wildman–Crippen LogP) is 1.69. The fourth-order valence-electron chi connectivity index (χ4n) is 1.73. The van der Waals surface area contributed by atoms with Crippen LogP contribution < -0.4 is 5.73 Å². The van der Waals surface area contributed by atoms with Gasteiger partial charge in [-0.15, -0.1) is 12.3 Å². The fourth-order valence-corrected chi connectivity index (χ4v) is 1.73. The highest BCUT2D eigenvalue weighted by atomic mass is 16.5. The lowest BCUT2D eigenvalue weighted by Gasteiger charge is -2.27. The highest BCUT2D eigenvalue weighted by molar-refractivity contribution is 4.85. The van der Waals surface area contributed by atoms with Gasteiger partial charge in [0.25, 0.3) is 0 Å². The first-order valence-corrected chi connectivity index (χ1v) is 5.15. The zero-order chi connectivity index (χ0) is 9.52. The molecule has 0 aliphatic carbocycles. The first kappa shape index (κ1) is 10.6. The molecule has 1 aliphatic heterocycles. The second-order valence-corrected chi connectivity index (χ2v) is 3.67. The maximum atomic E-state index is 6.00. The first-order chi connectivity index (χ1) is 6.34. The number of rotatable bonds is 4. The number of hydrogen-bond acceptors (Lipinski definition) is 2. The van der Waals surface area contributed by atoms with E-state index in [2.05, 4.69) is 5.92 Å². The quantitative estimate of drug-likeness (QED) is 0.529. The predicted molar refractivity (Wildman–Crippen MR) is 54.3 cm³/mol. The molecule has 74 valence electrons. The number of ether oxygens (including phenoxy) is 1. The van der Waals surface area contributed by atoms with Crippen LogP contribution >= 0.6 is 0 Å². The molecule has 0 aromatic rings. The Morgan fingerprint density at radius 3 is 3.00 bits per heavy atom. The van der Waals surface area contributed by atoms with E-state index in [0.717, 1.165) is 32.3 Å². The Balaban J connectivity index is 2.14. The summed E-state index contributed by atoms with van der Waals surface area (Å²) in [6.45, 7) is 0.882. The van der Waals surface area contributed by atoms with Crippen molar-refractivity contribution in [2.75, 3.05) is 6.61 Å². The van der Waals surface area contributed by atoms with Crippen molar-refractivity contribution in [3.05, 3.63) is 0 Å². The summed E-state index contributed by atoms with van der Waals surface area (Å²) >= 11 is 0. The van der Waals surface area contributed by atoms with Crippen LogP contribution in [0.1, 0.15) is 38.5 Å². The van der Waals surface area contributed by atoms with Crippen LogP contribution in [0.4, 0.5) is 0 Å². The molecular formula is C11H19NO. The van der Waals surface area contributed by atoms with Crippen molar-refractivity contribution < 1.29 is 4.74 Å². The average Bonchev–Trinajstić information content (AvgIpc) is 2.19. The molecule has 0 aromatic heterocycles. The molecule has 2 heteroatoms. The maximum Gasteiger partial charge on any atom is 0.0725 e. The summed E-state index contributed by atoms with van der Waals surface area (Å²) in [5.74, 6) is 2.63. The lowest BCUT2D eigenvalue weighted by molar-refractivity contribution is -0.00127. The molecular weight excluding hydrogens is 162 g/mol. The molecule has 0 aromatic carbocycles. The average molecular weight is 181 g/mol. The Bertz CT molecular complexity index is 167. The van der Waals surface area contributed by atoms with Crippen LogP contribution in [0.25, 0.3) is 0 Å². The van der Waals surface area contributed by atoms with E-state index in [-0.39, 0.29) is 12.1 Å². The highest BCUT2D eigenvalue weighted by Crippen LogP contribution is 2.17. The van der Waals surface area contributed by atoms with Crippen molar-refractivity contribution in [2.45, 2.75) is 50.7 Å². The maximum absolute atomic E-state index is 6.00. The van der Waals surface area contributed by atoms with Crippen molar-refractivity contribution in [1.29, 1.82) is 0 Å². The molecule has 1 saturated heterocycles. The summed E-state index contributed by atoms with van der Waals surface area (Å²) < 4.78 is 5.59. The van der Waals surface area contributed by atoms with Crippen LogP contribution in [-0.2, 0) is 4.74 Å². The van der Waals surface area contributed by atoms with Crippen molar-refractivity contribution in [3.63, 3.8) is 0 Å². The molecule has 1 fully saturated rings. The molecule has 13 heavy (non-hydrogen) atoms. The van der Waals surface area contributed by atoms with Crippen molar-refractivity contribution >= 4 is 0 Å². The van der Waals surface area contributed by atoms with E-state index in [1.54, 1.807) is 0 Å². The number of unbranched alkanes of at least 4 members (excludes halogenated alkanes) is 1. The minimum atomic E-state index is 0.189. The molecule has 0 bridgehead atoms. The van der Waals surface area contributed by atoms with Gasteiger partial charge in [-0.3, -0.25) is 0 Å². The summed E-state index contributed by atoms with van der Waals surface area (Å²) in [4.78, 5) is 0. The number of hydrogen-bond donors (Lipinski definition) is 1. The third-order valence-corrected chi connectivity index (χ3v) is 2.55. The number of nitrogens with two attached hydrogens (primary N) is 1. The highest BCUT2D eigenvalue weighted by Gasteiger charge is 2.20. The number of terminal acetylenes is 1. The minimum absolute atomic E-state index is 0.189. The molecule has 0 spiro atoms. The smallest absolute Gasteiger partial charge is 0.0725 e. The van der Waals surface area contributed by atoms with Crippen LogP contribution in [-0.4, -0.2) is 18.8 Å². The third kappa shape index (κ3) is 3.80. The monoisotopic (exact) mass is 181 g/mol. The van der Waals surface area contributed by atoms with Gasteiger partial charge in [-0.25, -0.2) is 0 Å². The van der Waals surface area contributed by atoms with Crippen LogP contribution in [0.5, 0.6) is 0 Å². The Labute approximate surface area is 80.8 Å². The van der Waals surface area contributed by atoms with E-state index in [9.17, 15) is 0 Å². The molecule has 2 N–H and O–H groups in total. The SMILES string of the molecule is C#CCCCC(N)C1CCCCO1. The van der Waals surface area contributed by atoms with Gasteiger partial charge in [0.05, 0.1) is 6.10 Å². The largest absolute Gasteiger partial charge is 0.377 e. The molecule has 0 saturated carbocycles. The van der Waals surface area contributed by atoms with E-state index < -0.39 is 0 Å².